The molecule has 3 nitrogen and oxygen atoms in total. The summed E-state index contributed by atoms with van der Waals surface area (Å²) in [5.74, 6) is 1.72. The van der Waals surface area contributed by atoms with Gasteiger partial charge in [0.05, 0.1) is 0 Å². The van der Waals surface area contributed by atoms with E-state index in [1.807, 2.05) is 0 Å². The van der Waals surface area contributed by atoms with E-state index < -0.39 is 5.97 Å². The zero-order valence-electron chi connectivity index (χ0n) is 5.22. The molecule has 9 heavy (non-hydrogen) atoms. The summed E-state index contributed by atoms with van der Waals surface area (Å²) in [5.41, 5.74) is 0. The number of terminal acetylenes is 1. The smallest absolute Gasteiger partial charge is 0.333 e. The maximum atomic E-state index is 10.4. The summed E-state index contributed by atoms with van der Waals surface area (Å²) in [5, 5.41) is 0. The number of rotatable bonds is 3. The van der Waals surface area contributed by atoms with Crippen LogP contribution in [0.15, 0.2) is 0 Å². The van der Waals surface area contributed by atoms with E-state index >= 15 is 0 Å². The molecular formula is C6H8O3. The molecule has 0 spiro atoms. The standard InChI is InChI=1S/C6H8O3/c1-3-4-9-6(7)5-8-2/h1H,4-5H2,2H3. The Morgan fingerprint density at radius 2 is 2.44 bits per heavy atom. The first-order chi connectivity index (χ1) is 4.31. The zero-order valence-corrected chi connectivity index (χ0v) is 5.22. The molecule has 0 aromatic heterocycles. The van der Waals surface area contributed by atoms with Crippen LogP contribution in [0.5, 0.6) is 0 Å². The van der Waals surface area contributed by atoms with Gasteiger partial charge in [-0.2, -0.15) is 0 Å². The van der Waals surface area contributed by atoms with Crippen molar-refractivity contribution in [3.05, 3.63) is 0 Å². The van der Waals surface area contributed by atoms with Crippen LogP contribution in [-0.4, -0.2) is 26.3 Å². The molecule has 0 fully saturated rings. The van der Waals surface area contributed by atoms with Crippen LogP contribution in [-0.2, 0) is 14.3 Å². The van der Waals surface area contributed by atoms with Gasteiger partial charge in [0.1, 0.15) is 6.61 Å². The molecule has 0 aliphatic carbocycles. The van der Waals surface area contributed by atoms with Gasteiger partial charge in [-0.25, -0.2) is 4.79 Å². The zero-order chi connectivity index (χ0) is 7.11. The van der Waals surface area contributed by atoms with Gasteiger partial charge in [-0.05, 0) is 0 Å². The van der Waals surface area contributed by atoms with E-state index in [-0.39, 0.29) is 13.2 Å². The van der Waals surface area contributed by atoms with E-state index in [1.54, 1.807) is 0 Å². The van der Waals surface area contributed by atoms with Crippen molar-refractivity contribution in [2.75, 3.05) is 20.3 Å². The van der Waals surface area contributed by atoms with Crippen LogP contribution in [0.4, 0.5) is 0 Å². The number of carbonyl (C=O) groups excluding carboxylic acids is 1. The topological polar surface area (TPSA) is 35.5 Å². The highest BCUT2D eigenvalue weighted by Crippen LogP contribution is 1.76. The van der Waals surface area contributed by atoms with E-state index in [4.69, 9.17) is 6.42 Å². The van der Waals surface area contributed by atoms with Gasteiger partial charge in [-0.15, -0.1) is 6.42 Å². The summed E-state index contributed by atoms with van der Waals surface area (Å²) in [4.78, 5) is 10.4. The normalized spacial score (nSPS) is 8.00. The quantitative estimate of drug-likeness (QED) is 0.390. The summed E-state index contributed by atoms with van der Waals surface area (Å²) in [6.07, 6.45) is 4.80. The van der Waals surface area contributed by atoms with Gasteiger partial charge < -0.3 is 9.47 Å². The predicted octanol–water partition coefficient (Wildman–Crippen LogP) is -0.191. The maximum absolute atomic E-state index is 10.4. The van der Waals surface area contributed by atoms with Gasteiger partial charge >= 0.3 is 5.97 Å². The molecule has 0 aliphatic heterocycles. The lowest BCUT2D eigenvalue weighted by Crippen LogP contribution is -2.10. The third kappa shape index (κ3) is 4.85. The molecule has 3 heteroatoms. The van der Waals surface area contributed by atoms with Gasteiger partial charge in [0, 0.05) is 7.11 Å². The number of methoxy groups -OCH3 is 1. The van der Waals surface area contributed by atoms with Gasteiger partial charge in [-0.1, -0.05) is 5.92 Å². The van der Waals surface area contributed by atoms with Crippen molar-refractivity contribution in [3.8, 4) is 12.3 Å². The van der Waals surface area contributed by atoms with E-state index in [1.165, 1.54) is 7.11 Å². The van der Waals surface area contributed by atoms with Crippen LogP contribution < -0.4 is 0 Å². The van der Waals surface area contributed by atoms with E-state index in [9.17, 15) is 4.79 Å². The molecule has 0 radical (unpaired) electrons. The SMILES string of the molecule is C#CCOC(=O)COC. The highest BCUT2D eigenvalue weighted by atomic mass is 16.6. The first-order valence-corrected chi connectivity index (χ1v) is 2.39. The third-order valence-corrected chi connectivity index (χ3v) is 0.579. The molecule has 0 unspecified atom stereocenters. The summed E-state index contributed by atoms with van der Waals surface area (Å²) in [7, 11) is 1.41. The van der Waals surface area contributed by atoms with Crippen LogP contribution in [0.3, 0.4) is 0 Å². The van der Waals surface area contributed by atoms with E-state index in [0.29, 0.717) is 0 Å². The predicted molar refractivity (Wildman–Crippen MR) is 31.7 cm³/mol. The molecule has 0 heterocycles. The highest BCUT2D eigenvalue weighted by molar-refractivity contribution is 5.70. The fourth-order valence-electron chi connectivity index (χ4n) is 0.282. The maximum Gasteiger partial charge on any atom is 0.333 e. The first-order valence-electron chi connectivity index (χ1n) is 2.39. The van der Waals surface area contributed by atoms with Crippen LogP contribution in [0.25, 0.3) is 0 Å². The highest BCUT2D eigenvalue weighted by Gasteiger charge is 1.97. The number of hydrogen-bond acceptors (Lipinski definition) is 3. The van der Waals surface area contributed by atoms with Crippen LogP contribution in [0, 0.1) is 12.3 Å². The Morgan fingerprint density at radius 3 is 2.89 bits per heavy atom. The van der Waals surface area contributed by atoms with Gasteiger partial charge in [0.25, 0.3) is 0 Å². The lowest BCUT2D eigenvalue weighted by molar-refractivity contribution is -0.146. The average Bonchev–Trinajstić information content (AvgIpc) is 1.85. The number of esters is 1. The van der Waals surface area contributed by atoms with Crippen molar-refractivity contribution in [2.24, 2.45) is 0 Å². The van der Waals surface area contributed by atoms with Gasteiger partial charge in [0.2, 0.25) is 0 Å². The summed E-state index contributed by atoms with van der Waals surface area (Å²) >= 11 is 0. The fraction of sp³-hybridized carbons (Fsp3) is 0.500. The molecular weight excluding hydrogens is 120 g/mol. The van der Waals surface area contributed by atoms with Crippen molar-refractivity contribution in [1.82, 2.24) is 0 Å². The van der Waals surface area contributed by atoms with E-state index in [2.05, 4.69) is 15.4 Å². The largest absolute Gasteiger partial charge is 0.451 e. The Hall–Kier alpha value is -1.01. The summed E-state index contributed by atoms with van der Waals surface area (Å²) in [6, 6.07) is 0. The minimum Gasteiger partial charge on any atom is -0.451 e. The number of carbonyl (C=O) groups is 1. The number of ether oxygens (including phenoxy) is 2. The third-order valence-electron chi connectivity index (χ3n) is 0.579. The number of hydrogen-bond donors (Lipinski definition) is 0. The minimum absolute atomic E-state index is 0.0161. The Morgan fingerprint density at radius 1 is 1.78 bits per heavy atom. The van der Waals surface area contributed by atoms with Crippen LogP contribution >= 0.6 is 0 Å². The Kier molecular flexibility index (Phi) is 4.56. The molecule has 0 bridgehead atoms. The van der Waals surface area contributed by atoms with Crippen molar-refractivity contribution >= 4 is 5.97 Å². The molecule has 50 valence electrons. The molecule has 0 rings (SSSR count). The summed E-state index contributed by atoms with van der Waals surface area (Å²) in [6.45, 7) is -0.0239. The molecule has 0 saturated carbocycles. The van der Waals surface area contributed by atoms with Gasteiger partial charge in [-0.3, -0.25) is 0 Å². The molecule has 0 atom stereocenters. The molecule has 0 N–H and O–H groups in total. The van der Waals surface area contributed by atoms with Crippen LogP contribution in [0.1, 0.15) is 0 Å². The first kappa shape index (κ1) is 7.99. The van der Waals surface area contributed by atoms with Crippen molar-refractivity contribution in [1.29, 1.82) is 0 Å². The second-order valence-corrected chi connectivity index (χ2v) is 1.30. The van der Waals surface area contributed by atoms with E-state index in [0.717, 1.165) is 0 Å². The second kappa shape index (κ2) is 5.13. The molecule has 0 saturated heterocycles. The Labute approximate surface area is 54.0 Å². The lowest BCUT2D eigenvalue weighted by atomic mass is 10.7. The second-order valence-electron chi connectivity index (χ2n) is 1.30. The minimum atomic E-state index is -0.435. The summed E-state index contributed by atoms with van der Waals surface area (Å²) < 4.78 is 8.89. The Balaban J connectivity index is 3.19. The average molecular weight is 128 g/mol. The van der Waals surface area contributed by atoms with Crippen molar-refractivity contribution < 1.29 is 14.3 Å². The van der Waals surface area contributed by atoms with Crippen LogP contribution in [0.2, 0.25) is 0 Å². The lowest BCUT2D eigenvalue weighted by Gasteiger charge is -1.96. The fourth-order valence-corrected chi connectivity index (χ4v) is 0.282. The Bertz CT molecular complexity index is 123. The molecule has 0 amide bonds. The molecule has 0 aromatic rings. The monoisotopic (exact) mass is 128 g/mol. The van der Waals surface area contributed by atoms with Gasteiger partial charge in [0.15, 0.2) is 6.61 Å². The molecule has 0 aliphatic rings. The molecule has 0 aromatic carbocycles. The van der Waals surface area contributed by atoms with Crippen molar-refractivity contribution in [3.63, 3.8) is 0 Å². The van der Waals surface area contributed by atoms with Crippen molar-refractivity contribution in [2.45, 2.75) is 0 Å².